The number of hydrogen-bond donors (Lipinski definition) is 3. The van der Waals surface area contributed by atoms with E-state index in [1.807, 2.05) is 0 Å². The standard InChI is InChI=1S/C20H16Cl2F4N4O3/c1-8-17(18(22)30-29-8)28-19(32)11-5-13(23)10(6-16(11)33-9(2)20(24,25)26)14-4-3-12(21)15(7-31)27-14/h3-6,9,31H,7H2,1-2H3,(H,28,32)(H,29,30)/t9-/m0/s1. The van der Waals surface area contributed by atoms with Crippen LogP contribution in [0.4, 0.5) is 23.2 Å². The van der Waals surface area contributed by atoms with E-state index in [0.29, 0.717) is 5.69 Å². The van der Waals surface area contributed by atoms with Crippen molar-refractivity contribution in [3.8, 4) is 17.0 Å². The molecule has 1 atom stereocenters. The van der Waals surface area contributed by atoms with Crippen LogP contribution in [-0.2, 0) is 6.61 Å². The lowest BCUT2D eigenvalue weighted by molar-refractivity contribution is -0.189. The van der Waals surface area contributed by atoms with Gasteiger partial charge in [0.15, 0.2) is 11.3 Å². The molecule has 3 rings (SSSR count). The smallest absolute Gasteiger partial charge is 0.425 e. The minimum absolute atomic E-state index is 0.0339. The third kappa shape index (κ3) is 5.37. The average Bonchev–Trinajstić information content (AvgIpc) is 3.06. The van der Waals surface area contributed by atoms with Crippen LogP contribution < -0.4 is 10.1 Å². The fraction of sp³-hybridized carbons (Fsp3) is 0.250. The lowest BCUT2D eigenvalue weighted by Crippen LogP contribution is -2.32. The Bertz CT molecular complexity index is 1180. The van der Waals surface area contributed by atoms with Crippen molar-refractivity contribution in [3.63, 3.8) is 0 Å². The molecule has 13 heteroatoms. The molecule has 0 saturated carbocycles. The minimum Gasteiger partial charge on any atom is -0.480 e. The van der Waals surface area contributed by atoms with Crippen molar-refractivity contribution in [2.45, 2.75) is 32.7 Å². The number of alkyl halides is 3. The first-order valence-electron chi connectivity index (χ1n) is 9.27. The SMILES string of the molecule is Cc1[nH]nc(Cl)c1NC(=O)c1cc(F)c(-c2ccc(Cl)c(CO)n2)cc1O[C@@H](C)C(F)(F)F. The first-order chi connectivity index (χ1) is 15.4. The fourth-order valence-electron chi connectivity index (χ4n) is 2.75. The second kappa shape index (κ2) is 9.54. The summed E-state index contributed by atoms with van der Waals surface area (Å²) < 4.78 is 59.4. The normalized spacial score (nSPS) is 12.5. The molecule has 0 aliphatic rings. The number of carbonyl (C=O) groups excluding carboxylic acids is 1. The van der Waals surface area contributed by atoms with Gasteiger partial charge in [-0.1, -0.05) is 23.2 Å². The number of H-pyrrole nitrogens is 1. The average molecular weight is 507 g/mol. The quantitative estimate of drug-likeness (QED) is 0.394. The zero-order valence-corrected chi connectivity index (χ0v) is 18.5. The number of halogens is 6. The zero-order chi connectivity index (χ0) is 24.5. The van der Waals surface area contributed by atoms with Crippen LogP contribution in [0, 0.1) is 12.7 Å². The number of rotatable bonds is 6. The highest BCUT2D eigenvalue weighted by Crippen LogP contribution is 2.34. The van der Waals surface area contributed by atoms with Crippen LogP contribution in [-0.4, -0.2) is 38.5 Å². The van der Waals surface area contributed by atoms with Crippen LogP contribution in [0.2, 0.25) is 10.2 Å². The van der Waals surface area contributed by atoms with Gasteiger partial charge in [0.2, 0.25) is 0 Å². The monoisotopic (exact) mass is 506 g/mol. The predicted octanol–water partition coefficient (Wildman–Crippen LogP) is 5.30. The number of aromatic nitrogens is 3. The molecule has 1 amide bonds. The molecule has 0 aliphatic carbocycles. The van der Waals surface area contributed by atoms with Crippen molar-refractivity contribution in [1.82, 2.24) is 15.2 Å². The molecule has 7 nitrogen and oxygen atoms in total. The van der Waals surface area contributed by atoms with Gasteiger partial charge in [-0.2, -0.15) is 18.3 Å². The Morgan fingerprint density at radius 2 is 2.00 bits per heavy atom. The molecule has 3 aromatic rings. The van der Waals surface area contributed by atoms with E-state index >= 15 is 0 Å². The first-order valence-corrected chi connectivity index (χ1v) is 10.0. The molecular weight excluding hydrogens is 491 g/mol. The van der Waals surface area contributed by atoms with Gasteiger partial charge in [-0.3, -0.25) is 9.89 Å². The van der Waals surface area contributed by atoms with E-state index in [-0.39, 0.29) is 32.8 Å². The number of aliphatic hydroxyl groups excluding tert-OH is 1. The van der Waals surface area contributed by atoms with Gasteiger partial charge in [-0.25, -0.2) is 9.37 Å². The predicted molar refractivity (Wildman–Crippen MR) is 113 cm³/mol. The summed E-state index contributed by atoms with van der Waals surface area (Å²) in [4.78, 5) is 16.8. The van der Waals surface area contributed by atoms with Crippen LogP contribution in [0.5, 0.6) is 5.75 Å². The molecule has 3 N–H and O–H groups in total. The van der Waals surface area contributed by atoms with Crippen LogP contribution in [0.3, 0.4) is 0 Å². The number of aryl methyl sites for hydroxylation is 1. The van der Waals surface area contributed by atoms with Crippen molar-refractivity contribution >= 4 is 34.8 Å². The summed E-state index contributed by atoms with van der Waals surface area (Å²) in [6, 6.07) is 4.30. The number of ether oxygens (including phenoxy) is 1. The number of aromatic amines is 1. The number of aliphatic hydroxyl groups is 1. The van der Waals surface area contributed by atoms with E-state index in [1.165, 1.54) is 12.1 Å². The van der Waals surface area contributed by atoms with Gasteiger partial charge in [0, 0.05) is 5.56 Å². The number of benzene rings is 1. The van der Waals surface area contributed by atoms with Gasteiger partial charge in [0.1, 0.15) is 17.3 Å². The first kappa shape index (κ1) is 24.7. The number of amides is 1. The molecular formula is C20H16Cl2F4N4O3. The highest BCUT2D eigenvalue weighted by atomic mass is 35.5. The summed E-state index contributed by atoms with van der Waals surface area (Å²) in [5.74, 6) is -2.49. The molecule has 0 aliphatic heterocycles. The van der Waals surface area contributed by atoms with E-state index in [9.17, 15) is 27.5 Å². The molecule has 33 heavy (non-hydrogen) atoms. The maximum atomic E-state index is 15.0. The van der Waals surface area contributed by atoms with E-state index in [2.05, 4.69) is 20.5 Å². The summed E-state index contributed by atoms with van der Waals surface area (Å²) >= 11 is 11.8. The Kier molecular flexibility index (Phi) is 7.15. The molecule has 0 unspecified atom stereocenters. The third-order valence-corrected chi connectivity index (χ3v) is 5.18. The van der Waals surface area contributed by atoms with E-state index in [4.69, 9.17) is 27.9 Å². The number of hydrogen-bond acceptors (Lipinski definition) is 5. The largest absolute Gasteiger partial charge is 0.480 e. The molecule has 0 radical (unpaired) electrons. The second-order valence-electron chi connectivity index (χ2n) is 6.88. The van der Waals surface area contributed by atoms with Crippen molar-refractivity contribution in [1.29, 1.82) is 0 Å². The molecule has 2 heterocycles. The van der Waals surface area contributed by atoms with Crippen molar-refractivity contribution in [2.75, 3.05) is 5.32 Å². The second-order valence-corrected chi connectivity index (χ2v) is 7.65. The third-order valence-electron chi connectivity index (χ3n) is 4.56. The van der Waals surface area contributed by atoms with Crippen LogP contribution in [0.1, 0.15) is 28.7 Å². The molecule has 0 saturated heterocycles. The molecule has 176 valence electrons. The van der Waals surface area contributed by atoms with Crippen molar-refractivity contribution in [3.05, 3.63) is 57.2 Å². The fourth-order valence-corrected chi connectivity index (χ4v) is 3.15. The van der Waals surface area contributed by atoms with Gasteiger partial charge in [-0.15, -0.1) is 0 Å². The number of nitrogens with zero attached hydrogens (tertiary/aromatic N) is 2. The Hall–Kier alpha value is -2.89. The summed E-state index contributed by atoms with van der Waals surface area (Å²) in [5.41, 5.74) is -0.329. The summed E-state index contributed by atoms with van der Waals surface area (Å²) in [7, 11) is 0. The van der Waals surface area contributed by atoms with Crippen molar-refractivity contribution in [2.24, 2.45) is 0 Å². The minimum atomic E-state index is -4.75. The molecule has 0 bridgehead atoms. The number of pyridine rings is 1. The molecule has 0 fully saturated rings. The number of carbonyl (C=O) groups is 1. The van der Waals surface area contributed by atoms with Gasteiger partial charge in [0.25, 0.3) is 5.91 Å². The van der Waals surface area contributed by atoms with Crippen LogP contribution >= 0.6 is 23.2 Å². The maximum Gasteiger partial charge on any atom is 0.425 e. The van der Waals surface area contributed by atoms with Gasteiger partial charge >= 0.3 is 6.18 Å². The Morgan fingerprint density at radius 3 is 2.58 bits per heavy atom. The summed E-state index contributed by atoms with van der Waals surface area (Å²) in [5, 5.41) is 18.0. The summed E-state index contributed by atoms with van der Waals surface area (Å²) in [6.45, 7) is 1.74. The molecule has 1 aromatic carbocycles. The molecule has 0 spiro atoms. The maximum absolute atomic E-state index is 15.0. The Labute approximate surface area is 194 Å². The van der Waals surface area contributed by atoms with Gasteiger partial charge in [0.05, 0.1) is 34.3 Å². The van der Waals surface area contributed by atoms with E-state index in [0.717, 1.165) is 19.1 Å². The Morgan fingerprint density at radius 1 is 1.30 bits per heavy atom. The highest BCUT2D eigenvalue weighted by molar-refractivity contribution is 6.33. The number of anilines is 1. The van der Waals surface area contributed by atoms with Gasteiger partial charge in [-0.05, 0) is 38.1 Å². The number of nitrogens with one attached hydrogen (secondary N) is 2. The van der Waals surface area contributed by atoms with Crippen molar-refractivity contribution < 1.29 is 32.2 Å². The van der Waals surface area contributed by atoms with Gasteiger partial charge < -0.3 is 15.2 Å². The lowest BCUT2D eigenvalue weighted by Gasteiger charge is -2.20. The van der Waals surface area contributed by atoms with E-state index in [1.54, 1.807) is 6.92 Å². The van der Waals surface area contributed by atoms with Crippen LogP contribution in [0.25, 0.3) is 11.3 Å². The Balaban J connectivity index is 2.10. The zero-order valence-electron chi connectivity index (χ0n) is 17.0. The van der Waals surface area contributed by atoms with E-state index < -0.39 is 41.9 Å². The van der Waals surface area contributed by atoms with Crippen LogP contribution in [0.15, 0.2) is 24.3 Å². The summed E-state index contributed by atoms with van der Waals surface area (Å²) in [6.07, 6.45) is -7.07. The molecule has 2 aromatic heterocycles. The topological polar surface area (TPSA) is 100 Å². The highest BCUT2D eigenvalue weighted by Gasteiger charge is 2.39. The lowest BCUT2D eigenvalue weighted by atomic mass is 10.0.